The number of nitrogens with zero attached hydrogens (tertiary/aromatic N) is 22. The summed E-state index contributed by atoms with van der Waals surface area (Å²) in [5, 5.41) is 75.5. The topological polar surface area (TPSA) is 433 Å². The van der Waals surface area contributed by atoms with E-state index in [4.69, 9.17) is 57.5 Å². The molecule has 7 aliphatic heterocycles. The molecule has 2 aromatic carbocycles. The van der Waals surface area contributed by atoms with Crippen LogP contribution >= 0.6 is 124 Å². The quantitative estimate of drug-likeness (QED) is 0.0581. The number of hydrogen-bond donors (Lipinski definition) is 3. The molecule has 48 heteroatoms. The summed E-state index contributed by atoms with van der Waals surface area (Å²) in [4.78, 5) is 57.3. The third-order valence-electron chi connectivity index (χ3n) is 21.9. The number of fused-ring (bicyclic) bond motifs is 6. The minimum atomic E-state index is -1.08. The van der Waals surface area contributed by atoms with Gasteiger partial charge in [0.2, 0.25) is 0 Å². The van der Waals surface area contributed by atoms with E-state index >= 15 is 0 Å². The first-order valence-electron chi connectivity index (χ1n) is 40.0. The number of rotatable bonds is 12. The first kappa shape index (κ1) is 111. The van der Waals surface area contributed by atoms with E-state index in [-0.39, 0.29) is 144 Å². The largest absolute Gasteiger partial charge is 1.00 e. The predicted octanol–water partition coefficient (Wildman–Crippen LogP) is 10.9. The second-order valence-electron chi connectivity index (χ2n) is 32.8. The van der Waals surface area contributed by atoms with Crippen molar-refractivity contribution in [2.24, 2.45) is 0 Å². The molecule has 37 nitrogen and oxygen atoms in total. The molecule has 0 radical (unpaired) electrons. The number of benzene rings is 2. The summed E-state index contributed by atoms with van der Waals surface area (Å²) < 4.78 is 58.9. The number of carbonyl (C=O) groups is 3. The molecule has 12 aromatic rings. The number of pyridine rings is 5. The monoisotopic (exact) mass is 2430 g/mol. The van der Waals surface area contributed by atoms with Crippen molar-refractivity contribution >= 4 is 180 Å². The maximum atomic E-state index is 12.1. The van der Waals surface area contributed by atoms with E-state index in [9.17, 15) is 14.7 Å². The van der Waals surface area contributed by atoms with E-state index in [1.54, 1.807) is 71.8 Å². The Kier molecular flexibility index (Phi) is 40.4. The van der Waals surface area contributed by atoms with E-state index in [2.05, 4.69) is 206 Å². The van der Waals surface area contributed by atoms with Crippen LogP contribution in [0.5, 0.6) is 0 Å². The Hall–Kier alpha value is -6.52. The number of aliphatic hydroxyl groups is 3. The van der Waals surface area contributed by atoms with Crippen molar-refractivity contribution in [3.63, 3.8) is 0 Å². The van der Waals surface area contributed by atoms with Gasteiger partial charge in [-0.05, 0) is 273 Å². The number of aromatic nitrogens is 20. The van der Waals surface area contributed by atoms with E-state index in [1.165, 1.54) is 4.68 Å². The fourth-order valence-electron chi connectivity index (χ4n) is 13.2. The van der Waals surface area contributed by atoms with Crippen LogP contribution in [0.1, 0.15) is 144 Å². The van der Waals surface area contributed by atoms with E-state index in [0.29, 0.717) is 23.8 Å². The molecule has 19 rings (SSSR count). The van der Waals surface area contributed by atoms with Crippen LogP contribution in [-0.4, -0.2) is 226 Å². The Morgan fingerprint density at radius 3 is 1.08 bits per heavy atom. The van der Waals surface area contributed by atoms with Crippen molar-refractivity contribution in [2.45, 2.75) is 207 Å². The number of amides is 2. The first-order chi connectivity index (χ1) is 61.1. The van der Waals surface area contributed by atoms with Crippen LogP contribution in [0.25, 0.3) is 40.2 Å². The number of alkyl halides is 1. The number of carbonyl (C=O) groups excluding carboxylic acids is 3. The number of halogens is 7. The SMILES string of the molecule is Brc1ccc(-n2cc(CI)nn2)nc1.C.C.CC(=O)[O-].CC1(C)OB(B2OC(C)(C)C(C)(C)O2)OC1(C)C.Cc1cn(-c2ccc(-c3ccc4c(c3)C[C@H]3[C@H](CO)OC(=O)N43)cn2)nn1.Cc1cn(-c2ccc(B3OC(C)(C)C(C)(C)O3)cn2)nn1.Cc1cn(-c2ccc(Br)cn2)nn1.II.O=C1O[C@@H](CO)[C@@H]2Cc3cc(Br)ccc3N12.OCc1cn(-c2ccc(Br)cn2)nn1.[K+]. The summed E-state index contributed by atoms with van der Waals surface area (Å²) in [5.74, 6) is 2.55. The molecular formula is C84H101B3Br4I3KN22O15. The number of carboxylic acid groups (broad SMARTS) is 1. The zero-order chi connectivity index (χ0) is 93.8. The molecule has 3 N–H and O–H groups in total. The molecule has 5 fully saturated rings. The number of aliphatic hydroxyl groups excluding tert-OH is 3. The number of carboxylic acids is 1. The van der Waals surface area contributed by atoms with Gasteiger partial charge in [-0.25, -0.2) is 57.9 Å². The predicted molar refractivity (Wildman–Crippen MR) is 531 cm³/mol. The minimum absolute atomic E-state index is 0. The molecule has 132 heavy (non-hydrogen) atoms. The molecule has 17 heterocycles. The summed E-state index contributed by atoms with van der Waals surface area (Å²) in [6.07, 6.45) is 17.5. The molecule has 10 aromatic heterocycles. The van der Waals surface area contributed by atoms with Gasteiger partial charge in [0, 0.05) is 108 Å². The molecule has 2 amide bonds. The Bertz CT molecular complexity index is 5630. The Balaban J connectivity index is 0.000000190. The van der Waals surface area contributed by atoms with Crippen LogP contribution in [0, 0.1) is 20.8 Å². The van der Waals surface area contributed by atoms with E-state index < -0.39 is 39.3 Å². The average molecular weight is 2430 g/mol. The fourth-order valence-corrected chi connectivity index (χ4v) is 14.7. The maximum Gasteiger partial charge on any atom is 1.00 e. The summed E-state index contributed by atoms with van der Waals surface area (Å²) in [6.45, 7) is 30.6. The third kappa shape index (κ3) is 27.5. The van der Waals surface area contributed by atoms with Gasteiger partial charge < -0.3 is 62.6 Å². The van der Waals surface area contributed by atoms with Gasteiger partial charge in [-0.2, -0.15) is 0 Å². The smallest absolute Gasteiger partial charge is 0.550 e. The van der Waals surface area contributed by atoms with Gasteiger partial charge in [0.15, 0.2) is 29.1 Å². The minimum Gasteiger partial charge on any atom is -0.550 e. The van der Waals surface area contributed by atoms with Gasteiger partial charge in [-0.3, -0.25) is 9.80 Å². The van der Waals surface area contributed by atoms with E-state index in [1.807, 2.05) is 214 Å². The number of ether oxygens (including phenoxy) is 2. The van der Waals surface area contributed by atoms with Crippen molar-refractivity contribution in [1.82, 2.24) is 99.9 Å². The summed E-state index contributed by atoms with van der Waals surface area (Å²) in [6, 6.07) is 30.6. The van der Waals surface area contributed by atoms with Crippen molar-refractivity contribution in [2.75, 3.05) is 23.0 Å². The fraction of sp³-hybridized carbons (Fsp3) is 0.405. The van der Waals surface area contributed by atoms with Crippen molar-refractivity contribution in [1.29, 1.82) is 0 Å². The first-order valence-corrected chi connectivity index (χ1v) is 51.0. The van der Waals surface area contributed by atoms with Crippen LogP contribution in [-0.2, 0) is 66.1 Å². The number of hydrogen-bond acceptors (Lipinski definition) is 30. The molecule has 7 aliphatic rings. The number of aliphatic carboxylic acids is 1. The number of cyclic esters (lactones) is 2. The molecule has 696 valence electrons. The molecular weight excluding hydrogens is 2330 g/mol. The van der Waals surface area contributed by atoms with Gasteiger partial charge >= 0.3 is 84.7 Å². The molecule has 0 bridgehead atoms. The normalized spacial score (nSPS) is 18.4. The molecule has 0 spiro atoms. The van der Waals surface area contributed by atoms with Crippen LogP contribution in [0.15, 0.2) is 177 Å². The van der Waals surface area contributed by atoms with Crippen molar-refractivity contribution in [3.8, 4) is 40.2 Å². The Labute approximate surface area is 880 Å². The van der Waals surface area contributed by atoms with Crippen LogP contribution in [0.3, 0.4) is 0 Å². The summed E-state index contributed by atoms with van der Waals surface area (Å²) in [5.41, 5.74) is 8.75. The Morgan fingerprint density at radius 2 is 0.765 bits per heavy atom. The summed E-state index contributed by atoms with van der Waals surface area (Å²) >= 11 is 19.8. The van der Waals surface area contributed by atoms with Gasteiger partial charge in [-0.1, -0.05) is 91.6 Å². The van der Waals surface area contributed by atoms with Gasteiger partial charge in [0.05, 0.1) is 131 Å². The second kappa shape index (κ2) is 48.2. The average Bonchev–Trinajstić information content (AvgIpc) is 1.39. The molecule has 5 saturated heterocycles. The number of aryl methyl sites for hydroxylation is 3. The molecule has 0 aliphatic carbocycles. The maximum absolute atomic E-state index is 12.1. The van der Waals surface area contributed by atoms with Crippen molar-refractivity contribution in [3.05, 3.63) is 217 Å². The van der Waals surface area contributed by atoms with Crippen LogP contribution < -0.4 is 71.8 Å². The third-order valence-corrected chi connectivity index (χ3v) is 24.6. The zero-order valence-corrected chi connectivity index (χ0v) is 90.0. The summed E-state index contributed by atoms with van der Waals surface area (Å²) in [7, 11) is -1.35. The second-order valence-corrected chi connectivity index (χ2v) is 37.2. The Morgan fingerprint density at radius 1 is 0.447 bits per heavy atom. The van der Waals surface area contributed by atoms with Crippen LogP contribution in [0.4, 0.5) is 21.0 Å². The van der Waals surface area contributed by atoms with Crippen LogP contribution in [0.2, 0.25) is 0 Å². The molecule has 0 saturated carbocycles. The molecule has 4 atom stereocenters. The van der Waals surface area contributed by atoms with Gasteiger partial charge in [-0.15, -0.1) is 25.5 Å². The van der Waals surface area contributed by atoms with Gasteiger partial charge in [0.25, 0.3) is 0 Å². The van der Waals surface area contributed by atoms with Crippen molar-refractivity contribution < 1.29 is 124 Å². The van der Waals surface area contributed by atoms with Gasteiger partial charge in [0.1, 0.15) is 17.9 Å². The van der Waals surface area contributed by atoms with E-state index in [0.717, 1.165) is 115 Å². The standard InChI is InChI=1S/C19H17N5O3.C14H19BN4O2.C12H24B2O4.C11H10BrNO3.C8H6BrIN4.C8H7BrN4O.C8H7BrN4.C2H4O2.2CH4.I2.K/c1-11-9-23(22-21-11)18-5-3-13(8-20-18)12-2-4-15-14(6-12)7-16-17(10-25)27-19(26)24(15)16;1-10-9-19(18-17-10)12-7-6-11(8-16-12)15-20-13(2,3)14(4,5)21-15;1-9(2)10(3,4)16-13(15-9)14-17-11(5,6)12(7,8)18-14;12-7-1-2-8-6(3-7)4-9-10(5-14)16-11(15)13(8)9;9-6-1-2-8(11-4-6)14-5-7(3-10)12-13-14;9-6-1-2-8(10-3-6)13-4-7(5-14)11-12-13;1-6-5-13(12-11-6)8-3-2-7(9)4-10-8;1-2(3)4;;;1-2;/h2-6,8-9,16-17,25H,7,10H2,1H3;6-9H,1-5H3;1-8H3;1-3,9-10,14H,4-5H2;1-2,4-5H,3H2;1-4,14H,5H2;2-5H,1H3;1H3,(H,3,4);2*1H4;;/q;;;;;;;;;;;+1/p-1/t16-,17-;;;9-,10-;;;;;;;;/m0..0......../s1. The zero-order valence-electron chi connectivity index (χ0n) is 74.0. The number of anilines is 2. The molecule has 0 unspecified atom stereocenters.